The molecule has 1 aliphatic rings. The molecule has 2 N–H and O–H groups in total. The van der Waals surface area contributed by atoms with Gasteiger partial charge in [0.1, 0.15) is 0 Å². The Morgan fingerprint density at radius 1 is 1.47 bits per heavy atom. The van der Waals surface area contributed by atoms with Crippen LogP contribution in [0.25, 0.3) is 0 Å². The second-order valence-corrected chi connectivity index (χ2v) is 5.54. The van der Waals surface area contributed by atoms with Crippen molar-refractivity contribution in [3.05, 3.63) is 0 Å². The highest BCUT2D eigenvalue weighted by molar-refractivity contribution is 7.87. The molecule has 7 nitrogen and oxygen atoms in total. The number of hydrogen-bond acceptors (Lipinski definition) is 5. The SMILES string of the molecule is CNCC1CCCCN1S(=O)(=O)NC(=O)OC. The Morgan fingerprint density at radius 3 is 2.76 bits per heavy atom. The molecule has 0 aromatic rings. The molecule has 1 atom stereocenters. The number of nitrogens with zero attached hydrogens (tertiary/aromatic N) is 1. The molecule has 0 bridgehead atoms. The lowest BCUT2D eigenvalue weighted by Crippen LogP contribution is -2.53. The zero-order valence-electron chi connectivity index (χ0n) is 10.1. The van der Waals surface area contributed by atoms with Crippen LogP contribution < -0.4 is 10.0 Å². The summed E-state index contributed by atoms with van der Waals surface area (Å²) in [4.78, 5) is 11.0. The van der Waals surface area contributed by atoms with Crippen LogP contribution in [0, 0.1) is 0 Å². The summed E-state index contributed by atoms with van der Waals surface area (Å²) in [5, 5.41) is 2.96. The molecule has 0 radical (unpaired) electrons. The van der Waals surface area contributed by atoms with Crippen molar-refractivity contribution < 1.29 is 17.9 Å². The molecule has 1 aliphatic heterocycles. The number of carbonyl (C=O) groups excluding carboxylic acids is 1. The zero-order chi connectivity index (χ0) is 12.9. The second-order valence-electron chi connectivity index (χ2n) is 3.92. The van der Waals surface area contributed by atoms with E-state index in [2.05, 4.69) is 10.1 Å². The van der Waals surface area contributed by atoms with Gasteiger partial charge in [-0.25, -0.2) is 9.52 Å². The van der Waals surface area contributed by atoms with Crippen LogP contribution >= 0.6 is 0 Å². The molecular formula is C9H19N3O4S. The van der Waals surface area contributed by atoms with Crippen LogP contribution in [0.3, 0.4) is 0 Å². The molecule has 0 saturated carbocycles. The van der Waals surface area contributed by atoms with Gasteiger partial charge in [0.2, 0.25) is 0 Å². The molecule has 1 unspecified atom stereocenters. The third kappa shape index (κ3) is 3.83. The summed E-state index contributed by atoms with van der Waals surface area (Å²) in [5.74, 6) is 0. The molecular weight excluding hydrogens is 246 g/mol. The third-order valence-corrected chi connectivity index (χ3v) is 4.24. The Balaban J connectivity index is 2.75. The normalized spacial score (nSPS) is 22.1. The van der Waals surface area contributed by atoms with Gasteiger partial charge in [0.15, 0.2) is 0 Å². The fraction of sp³-hybridized carbons (Fsp3) is 0.889. The molecule has 100 valence electrons. The minimum atomic E-state index is -3.80. The first-order chi connectivity index (χ1) is 8.01. The Bertz CT molecular complexity index is 355. The molecule has 8 heteroatoms. The van der Waals surface area contributed by atoms with Crippen LogP contribution in [-0.4, -0.2) is 52.1 Å². The lowest BCUT2D eigenvalue weighted by atomic mass is 10.1. The van der Waals surface area contributed by atoms with Crippen molar-refractivity contribution in [3.63, 3.8) is 0 Å². The number of methoxy groups -OCH3 is 1. The predicted molar refractivity (Wildman–Crippen MR) is 62.7 cm³/mol. The molecule has 1 saturated heterocycles. The lowest BCUT2D eigenvalue weighted by Gasteiger charge is -2.34. The summed E-state index contributed by atoms with van der Waals surface area (Å²) in [6.45, 7) is 1.00. The van der Waals surface area contributed by atoms with Crippen molar-refractivity contribution in [1.82, 2.24) is 14.3 Å². The maximum Gasteiger partial charge on any atom is 0.421 e. The number of amides is 1. The Labute approximate surface area is 102 Å². The Morgan fingerprint density at radius 2 is 2.18 bits per heavy atom. The van der Waals surface area contributed by atoms with Gasteiger partial charge in [-0.15, -0.1) is 0 Å². The van der Waals surface area contributed by atoms with E-state index in [0.29, 0.717) is 13.1 Å². The van der Waals surface area contributed by atoms with Crippen molar-refractivity contribution in [2.75, 3.05) is 27.2 Å². The third-order valence-electron chi connectivity index (χ3n) is 2.72. The van der Waals surface area contributed by atoms with Crippen LogP contribution in [0.1, 0.15) is 19.3 Å². The number of likely N-dealkylation sites (N-methyl/N-ethyl adjacent to an activating group) is 1. The molecule has 0 aromatic heterocycles. The van der Waals surface area contributed by atoms with Crippen LogP contribution in [-0.2, 0) is 14.9 Å². The highest BCUT2D eigenvalue weighted by Crippen LogP contribution is 2.19. The van der Waals surface area contributed by atoms with Crippen molar-refractivity contribution in [2.45, 2.75) is 25.3 Å². The summed E-state index contributed by atoms with van der Waals surface area (Å²) in [6.07, 6.45) is 1.64. The number of carbonyl (C=O) groups is 1. The van der Waals surface area contributed by atoms with E-state index in [1.54, 1.807) is 7.05 Å². The smallest absolute Gasteiger partial charge is 0.421 e. The highest BCUT2D eigenvalue weighted by Gasteiger charge is 2.33. The highest BCUT2D eigenvalue weighted by atomic mass is 32.2. The maximum absolute atomic E-state index is 11.9. The average Bonchev–Trinajstić information content (AvgIpc) is 2.29. The largest absolute Gasteiger partial charge is 0.452 e. The van der Waals surface area contributed by atoms with Gasteiger partial charge < -0.3 is 10.1 Å². The summed E-state index contributed by atoms with van der Waals surface area (Å²) >= 11 is 0. The van der Waals surface area contributed by atoms with E-state index in [-0.39, 0.29) is 6.04 Å². The molecule has 1 rings (SSSR count). The van der Waals surface area contributed by atoms with E-state index in [1.165, 1.54) is 4.31 Å². The van der Waals surface area contributed by atoms with Crippen molar-refractivity contribution in [3.8, 4) is 0 Å². The predicted octanol–water partition coefficient (Wildman–Crippen LogP) is -0.339. The van der Waals surface area contributed by atoms with Crippen molar-refractivity contribution >= 4 is 16.3 Å². The molecule has 17 heavy (non-hydrogen) atoms. The fourth-order valence-electron chi connectivity index (χ4n) is 1.94. The van der Waals surface area contributed by atoms with E-state index in [4.69, 9.17) is 0 Å². The topological polar surface area (TPSA) is 87.7 Å². The zero-order valence-corrected chi connectivity index (χ0v) is 10.9. The number of rotatable bonds is 4. The fourth-order valence-corrected chi connectivity index (χ4v) is 3.29. The van der Waals surface area contributed by atoms with E-state index < -0.39 is 16.3 Å². The average molecular weight is 265 g/mol. The maximum atomic E-state index is 11.9. The quantitative estimate of drug-likeness (QED) is 0.726. The first kappa shape index (κ1) is 14.2. The van der Waals surface area contributed by atoms with Crippen LogP contribution in [0.2, 0.25) is 0 Å². The number of nitrogens with one attached hydrogen (secondary N) is 2. The van der Waals surface area contributed by atoms with Crippen LogP contribution in [0.4, 0.5) is 4.79 Å². The summed E-state index contributed by atoms with van der Waals surface area (Å²) in [6, 6.07) is -0.115. The van der Waals surface area contributed by atoms with Gasteiger partial charge in [-0.3, -0.25) is 0 Å². The van der Waals surface area contributed by atoms with Gasteiger partial charge in [0, 0.05) is 19.1 Å². The number of piperidine rings is 1. The Kier molecular flexibility index (Phi) is 5.16. The van der Waals surface area contributed by atoms with Gasteiger partial charge in [-0.1, -0.05) is 6.42 Å². The molecule has 0 aromatic carbocycles. The standard InChI is InChI=1S/C9H19N3O4S/c1-10-7-8-5-3-4-6-12(8)17(14,15)11-9(13)16-2/h8,10H,3-7H2,1-2H3,(H,11,13). The minimum Gasteiger partial charge on any atom is -0.452 e. The number of hydrogen-bond donors (Lipinski definition) is 2. The lowest BCUT2D eigenvalue weighted by molar-refractivity contribution is 0.175. The molecule has 0 spiro atoms. The Hall–Kier alpha value is -0.860. The van der Waals surface area contributed by atoms with Gasteiger partial charge in [-0.2, -0.15) is 12.7 Å². The molecule has 1 amide bonds. The first-order valence-corrected chi connectivity index (χ1v) is 6.97. The van der Waals surface area contributed by atoms with Crippen LogP contribution in [0.5, 0.6) is 0 Å². The first-order valence-electron chi connectivity index (χ1n) is 5.53. The van der Waals surface area contributed by atoms with Gasteiger partial charge in [0.05, 0.1) is 7.11 Å². The molecule has 0 aliphatic carbocycles. The molecule has 1 heterocycles. The molecule has 1 fully saturated rings. The van der Waals surface area contributed by atoms with Crippen molar-refractivity contribution in [2.24, 2.45) is 0 Å². The van der Waals surface area contributed by atoms with Crippen LogP contribution in [0.15, 0.2) is 0 Å². The van der Waals surface area contributed by atoms with E-state index >= 15 is 0 Å². The van der Waals surface area contributed by atoms with Crippen molar-refractivity contribution in [1.29, 1.82) is 0 Å². The van der Waals surface area contributed by atoms with E-state index in [0.717, 1.165) is 26.4 Å². The second kappa shape index (κ2) is 6.18. The summed E-state index contributed by atoms with van der Waals surface area (Å²) < 4.78 is 31.3. The van der Waals surface area contributed by atoms with Gasteiger partial charge in [-0.05, 0) is 19.9 Å². The van der Waals surface area contributed by atoms with E-state index in [9.17, 15) is 13.2 Å². The summed E-state index contributed by atoms with van der Waals surface area (Å²) in [7, 11) is -0.895. The number of ether oxygens (including phenoxy) is 1. The minimum absolute atomic E-state index is 0.115. The van der Waals surface area contributed by atoms with Gasteiger partial charge in [0.25, 0.3) is 0 Å². The monoisotopic (exact) mass is 265 g/mol. The van der Waals surface area contributed by atoms with E-state index in [1.807, 2.05) is 4.72 Å². The summed E-state index contributed by atoms with van der Waals surface area (Å²) in [5.41, 5.74) is 0. The van der Waals surface area contributed by atoms with Gasteiger partial charge >= 0.3 is 16.3 Å².